The van der Waals surface area contributed by atoms with Gasteiger partial charge < -0.3 is 15.3 Å². The third-order valence-corrected chi connectivity index (χ3v) is 4.45. The Kier molecular flexibility index (Phi) is 14.7. The monoisotopic (exact) mass is 560 g/mol. The second-order valence-corrected chi connectivity index (χ2v) is 6.99. The number of carbonyl (C=O) groups is 4. The Hall–Kier alpha value is -0.755. The summed E-state index contributed by atoms with van der Waals surface area (Å²) in [6.07, 6.45) is 0. The molecule has 0 amide bonds. The molecule has 3 N–H and O–H groups in total. The van der Waals surface area contributed by atoms with Gasteiger partial charge in [-0.25, -0.2) is 0 Å². The zero-order chi connectivity index (χ0) is 21.1. The number of aliphatic carboxylic acids is 3. The molecule has 0 aromatic heterocycles. The van der Waals surface area contributed by atoms with Crippen LogP contribution in [-0.2, 0) is 19.2 Å². The van der Waals surface area contributed by atoms with E-state index in [2.05, 4.69) is 0 Å². The summed E-state index contributed by atoms with van der Waals surface area (Å²) in [5.41, 5.74) is 0. The fraction of sp³-hybridized carbons (Fsp3) is 0.765. The first kappa shape index (κ1) is 28.2. The summed E-state index contributed by atoms with van der Waals surface area (Å²) in [4.78, 5) is 51.9. The number of carboxylic acids is 3. The summed E-state index contributed by atoms with van der Waals surface area (Å²) >= 11 is 0. The standard InChI is InChI=1S/C17H30N4O7.Gd/c1-14(22)10-18-2-4-19(11-15(23)24)6-8-21(13-17(27)28)9-7-20(5-3-18)12-16(25)26;/h2-13H2,1H3,(H,23,24)(H,25,26)(H,27,28);. The molecule has 0 bridgehead atoms. The van der Waals surface area contributed by atoms with Crippen LogP contribution in [0.15, 0.2) is 0 Å². The van der Waals surface area contributed by atoms with Crippen LogP contribution in [0.2, 0.25) is 0 Å². The molecule has 168 valence electrons. The van der Waals surface area contributed by atoms with E-state index in [9.17, 15) is 19.2 Å². The molecule has 0 aromatic carbocycles. The molecule has 1 rings (SSSR count). The normalized spacial score (nSPS) is 18.8. The summed E-state index contributed by atoms with van der Waals surface area (Å²) in [6.45, 7) is 4.37. The van der Waals surface area contributed by atoms with E-state index in [-0.39, 0.29) is 71.9 Å². The van der Waals surface area contributed by atoms with Crippen molar-refractivity contribution in [2.45, 2.75) is 6.92 Å². The SMILES string of the molecule is CC(=O)CN1CCN(CC(=O)O)CCN(CC(=O)O)CCN(CC(=O)O)CC1.[Gd]. The van der Waals surface area contributed by atoms with Crippen LogP contribution in [0.3, 0.4) is 0 Å². The van der Waals surface area contributed by atoms with E-state index in [0.717, 1.165) is 0 Å². The van der Waals surface area contributed by atoms with Crippen molar-refractivity contribution in [2.24, 2.45) is 0 Å². The predicted molar refractivity (Wildman–Crippen MR) is 99.3 cm³/mol. The van der Waals surface area contributed by atoms with Gasteiger partial charge in [0, 0.05) is 92.3 Å². The third-order valence-electron chi connectivity index (χ3n) is 4.45. The van der Waals surface area contributed by atoms with Gasteiger partial charge in [0.15, 0.2) is 0 Å². The van der Waals surface area contributed by atoms with E-state index in [0.29, 0.717) is 52.4 Å². The number of Topliss-reactive ketones (excluding diaryl/α,β-unsaturated/α-hetero) is 1. The second kappa shape index (κ2) is 15.1. The Labute approximate surface area is 202 Å². The van der Waals surface area contributed by atoms with Crippen LogP contribution in [0.1, 0.15) is 6.92 Å². The van der Waals surface area contributed by atoms with E-state index in [1.807, 2.05) is 4.90 Å². The molecule has 0 aromatic rings. The van der Waals surface area contributed by atoms with E-state index >= 15 is 0 Å². The van der Waals surface area contributed by atoms with Gasteiger partial charge in [-0.15, -0.1) is 0 Å². The van der Waals surface area contributed by atoms with Gasteiger partial charge in [-0.1, -0.05) is 0 Å². The van der Waals surface area contributed by atoms with Crippen LogP contribution in [0.25, 0.3) is 0 Å². The van der Waals surface area contributed by atoms with Gasteiger partial charge in [0.25, 0.3) is 0 Å². The number of rotatable bonds is 8. The van der Waals surface area contributed by atoms with Crippen molar-refractivity contribution in [1.82, 2.24) is 19.6 Å². The van der Waals surface area contributed by atoms with E-state index < -0.39 is 17.9 Å². The largest absolute Gasteiger partial charge is 0.480 e. The Balaban J connectivity index is 0.00000784. The number of carbonyl (C=O) groups excluding carboxylic acids is 1. The molecule has 1 fully saturated rings. The van der Waals surface area contributed by atoms with E-state index in [4.69, 9.17) is 15.3 Å². The molecule has 1 heterocycles. The fourth-order valence-electron chi connectivity index (χ4n) is 3.10. The smallest absolute Gasteiger partial charge is 0.317 e. The molecule has 29 heavy (non-hydrogen) atoms. The molecule has 1 saturated heterocycles. The van der Waals surface area contributed by atoms with Crippen molar-refractivity contribution >= 4 is 23.7 Å². The van der Waals surface area contributed by atoms with Gasteiger partial charge in [0.1, 0.15) is 5.78 Å². The number of ketones is 1. The van der Waals surface area contributed by atoms with Crippen molar-refractivity contribution < 1.29 is 74.4 Å². The van der Waals surface area contributed by atoms with Crippen LogP contribution >= 0.6 is 0 Å². The topological polar surface area (TPSA) is 142 Å². The maximum Gasteiger partial charge on any atom is 0.317 e. The minimum Gasteiger partial charge on any atom is -0.480 e. The van der Waals surface area contributed by atoms with Crippen LogP contribution in [0, 0.1) is 39.9 Å². The van der Waals surface area contributed by atoms with Crippen molar-refractivity contribution in [3.63, 3.8) is 0 Å². The molecule has 0 saturated carbocycles. The van der Waals surface area contributed by atoms with Gasteiger partial charge in [-0.05, 0) is 6.92 Å². The maximum atomic E-state index is 11.5. The Bertz CT molecular complexity index is 452. The zero-order valence-electron chi connectivity index (χ0n) is 16.6. The average Bonchev–Trinajstić information content (AvgIpc) is 2.55. The fourth-order valence-corrected chi connectivity index (χ4v) is 3.10. The van der Waals surface area contributed by atoms with Crippen molar-refractivity contribution in [2.75, 3.05) is 78.5 Å². The number of nitrogens with zero attached hydrogens (tertiary/aromatic N) is 4. The quantitative estimate of drug-likeness (QED) is 0.306. The predicted octanol–water partition coefficient (Wildman–Crippen LogP) is -1.95. The molecule has 0 unspecified atom stereocenters. The van der Waals surface area contributed by atoms with Crippen LogP contribution in [-0.4, -0.2) is 137 Å². The van der Waals surface area contributed by atoms with Crippen LogP contribution < -0.4 is 0 Å². The Morgan fingerprint density at radius 1 is 0.552 bits per heavy atom. The summed E-state index contributed by atoms with van der Waals surface area (Å²) in [5.74, 6) is -2.95. The molecular weight excluding hydrogens is 529 g/mol. The van der Waals surface area contributed by atoms with Crippen molar-refractivity contribution in [3.05, 3.63) is 0 Å². The molecule has 0 atom stereocenters. The van der Waals surface area contributed by atoms with Crippen molar-refractivity contribution in [3.8, 4) is 0 Å². The minimum atomic E-state index is -0.991. The number of hydrogen-bond acceptors (Lipinski definition) is 8. The molecule has 1 aliphatic rings. The van der Waals surface area contributed by atoms with Crippen molar-refractivity contribution in [1.29, 1.82) is 0 Å². The summed E-state index contributed by atoms with van der Waals surface area (Å²) in [7, 11) is 0. The first-order valence-corrected chi connectivity index (χ1v) is 9.20. The molecular formula is C17H30GdN4O7. The first-order chi connectivity index (χ1) is 13.2. The molecule has 1 aliphatic heterocycles. The molecule has 0 spiro atoms. The molecule has 11 nitrogen and oxygen atoms in total. The Morgan fingerprint density at radius 3 is 0.931 bits per heavy atom. The van der Waals surface area contributed by atoms with Crippen LogP contribution in [0.4, 0.5) is 0 Å². The number of carboxylic acid groups (broad SMARTS) is 3. The third kappa shape index (κ3) is 14.0. The first-order valence-electron chi connectivity index (χ1n) is 9.20. The molecule has 0 aliphatic carbocycles. The van der Waals surface area contributed by atoms with E-state index in [1.54, 1.807) is 14.7 Å². The molecule has 0 radical (unpaired) electrons. The van der Waals surface area contributed by atoms with Crippen LogP contribution in [0.5, 0.6) is 0 Å². The second-order valence-electron chi connectivity index (χ2n) is 6.99. The maximum absolute atomic E-state index is 11.5. The minimum absolute atomic E-state index is 0. The average molecular weight is 560 g/mol. The summed E-state index contributed by atoms with van der Waals surface area (Å²) < 4.78 is 0. The van der Waals surface area contributed by atoms with Gasteiger partial charge in [-0.3, -0.25) is 38.8 Å². The van der Waals surface area contributed by atoms with E-state index in [1.165, 1.54) is 6.92 Å². The Morgan fingerprint density at radius 2 is 0.759 bits per heavy atom. The molecule has 12 heteroatoms. The van der Waals surface area contributed by atoms with Gasteiger partial charge in [0.05, 0.1) is 26.2 Å². The summed E-state index contributed by atoms with van der Waals surface area (Å²) in [6, 6.07) is 0. The van der Waals surface area contributed by atoms with Gasteiger partial charge in [-0.2, -0.15) is 0 Å². The zero-order valence-corrected chi connectivity index (χ0v) is 18.9. The number of hydrogen-bond donors (Lipinski definition) is 3. The van der Waals surface area contributed by atoms with Gasteiger partial charge >= 0.3 is 17.9 Å². The summed E-state index contributed by atoms with van der Waals surface area (Å²) in [5, 5.41) is 27.3. The van der Waals surface area contributed by atoms with Gasteiger partial charge in [0.2, 0.25) is 0 Å².